The predicted molar refractivity (Wildman–Crippen MR) is 45.0 cm³/mol. The second-order valence-corrected chi connectivity index (χ2v) is 2.43. The summed E-state index contributed by atoms with van der Waals surface area (Å²) in [5.41, 5.74) is 6.21. The van der Waals surface area contributed by atoms with Crippen LogP contribution < -0.4 is 10.5 Å². The molecule has 1 aromatic heterocycles. The molecule has 12 heavy (non-hydrogen) atoms. The standard InChI is InChI=1S/C8H8N2O2/c1-11-5-2-3-7-6(4-5)8(9)10-12-7/h2-4H,1H3,(H2,9,10). The Morgan fingerprint density at radius 1 is 1.50 bits per heavy atom. The number of hydrogen-bond acceptors (Lipinski definition) is 4. The zero-order chi connectivity index (χ0) is 8.55. The highest BCUT2D eigenvalue weighted by Crippen LogP contribution is 2.24. The van der Waals surface area contributed by atoms with Crippen molar-refractivity contribution in [1.29, 1.82) is 0 Å². The van der Waals surface area contributed by atoms with Crippen LogP contribution in [0.3, 0.4) is 0 Å². The van der Waals surface area contributed by atoms with Gasteiger partial charge in [-0.2, -0.15) is 0 Å². The number of nitrogens with zero attached hydrogens (tertiary/aromatic N) is 1. The van der Waals surface area contributed by atoms with Gasteiger partial charge in [0.25, 0.3) is 0 Å². The lowest BCUT2D eigenvalue weighted by molar-refractivity contribution is 0.415. The Balaban J connectivity index is 2.71. The summed E-state index contributed by atoms with van der Waals surface area (Å²) < 4.78 is 9.94. The van der Waals surface area contributed by atoms with E-state index in [0.717, 1.165) is 11.1 Å². The molecule has 4 nitrogen and oxygen atoms in total. The first-order valence-corrected chi connectivity index (χ1v) is 3.50. The molecule has 0 spiro atoms. The summed E-state index contributed by atoms with van der Waals surface area (Å²) in [5, 5.41) is 4.40. The highest BCUT2D eigenvalue weighted by Gasteiger charge is 2.04. The van der Waals surface area contributed by atoms with E-state index in [1.54, 1.807) is 25.3 Å². The quantitative estimate of drug-likeness (QED) is 0.692. The van der Waals surface area contributed by atoms with Crippen molar-refractivity contribution in [2.75, 3.05) is 12.8 Å². The lowest BCUT2D eigenvalue weighted by Gasteiger charge is -1.96. The van der Waals surface area contributed by atoms with E-state index >= 15 is 0 Å². The number of aromatic nitrogens is 1. The maximum Gasteiger partial charge on any atom is 0.174 e. The number of nitrogen functional groups attached to an aromatic ring is 1. The van der Waals surface area contributed by atoms with Crippen molar-refractivity contribution in [2.24, 2.45) is 0 Å². The van der Waals surface area contributed by atoms with Crippen molar-refractivity contribution in [1.82, 2.24) is 5.16 Å². The molecule has 1 aromatic carbocycles. The van der Waals surface area contributed by atoms with Gasteiger partial charge in [0, 0.05) is 0 Å². The molecule has 0 atom stereocenters. The van der Waals surface area contributed by atoms with Crippen LogP contribution in [0.15, 0.2) is 22.7 Å². The topological polar surface area (TPSA) is 61.3 Å². The molecule has 0 aliphatic heterocycles. The first-order valence-electron chi connectivity index (χ1n) is 3.50. The number of rotatable bonds is 1. The largest absolute Gasteiger partial charge is 0.497 e. The number of nitrogens with two attached hydrogens (primary N) is 1. The van der Waals surface area contributed by atoms with E-state index in [9.17, 15) is 0 Å². The SMILES string of the molecule is COc1ccc2onc(N)c2c1. The van der Waals surface area contributed by atoms with Crippen molar-refractivity contribution in [2.45, 2.75) is 0 Å². The van der Waals surface area contributed by atoms with Crippen LogP contribution in [0.2, 0.25) is 0 Å². The fourth-order valence-electron chi connectivity index (χ4n) is 1.06. The van der Waals surface area contributed by atoms with E-state index in [1.807, 2.05) is 0 Å². The number of hydrogen-bond donors (Lipinski definition) is 1. The second-order valence-electron chi connectivity index (χ2n) is 2.43. The molecule has 0 saturated carbocycles. The van der Waals surface area contributed by atoms with Gasteiger partial charge >= 0.3 is 0 Å². The highest BCUT2D eigenvalue weighted by atomic mass is 16.5. The summed E-state index contributed by atoms with van der Waals surface area (Å²) in [6, 6.07) is 5.37. The van der Waals surface area contributed by atoms with Gasteiger partial charge in [0.15, 0.2) is 11.4 Å². The normalized spacial score (nSPS) is 10.4. The Labute approximate surface area is 68.9 Å². The Morgan fingerprint density at radius 3 is 3.08 bits per heavy atom. The van der Waals surface area contributed by atoms with Gasteiger partial charge in [0.1, 0.15) is 5.75 Å². The summed E-state index contributed by atoms with van der Waals surface area (Å²) in [7, 11) is 1.60. The molecular weight excluding hydrogens is 156 g/mol. The van der Waals surface area contributed by atoms with Crippen molar-refractivity contribution in [3.63, 3.8) is 0 Å². The molecule has 0 saturated heterocycles. The van der Waals surface area contributed by atoms with Crippen molar-refractivity contribution >= 4 is 16.8 Å². The van der Waals surface area contributed by atoms with Gasteiger partial charge in [-0.1, -0.05) is 5.16 Å². The van der Waals surface area contributed by atoms with Gasteiger partial charge in [0.05, 0.1) is 12.5 Å². The van der Waals surface area contributed by atoms with Crippen molar-refractivity contribution < 1.29 is 9.26 Å². The van der Waals surface area contributed by atoms with Gasteiger partial charge in [-0.3, -0.25) is 0 Å². The minimum atomic E-state index is 0.393. The highest BCUT2D eigenvalue weighted by molar-refractivity contribution is 5.87. The minimum Gasteiger partial charge on any atom is -0.497 e. The molecule has 1 heterocycles. The lowest BCUT2D eigenvalue weighted by atomic mass is 10.2. The maximum absolute atomic E-state index is 5.54. The Hall–Kier alpha value is -1.71. The van der Waals surface area contributed by atoms with E-state index in [4.69, 9.17) is 15.0 Å². The van der Waals surface area contributed by atoms with Gasteiger partial charge in [-0.15, -0.1) is 0 Å². The first-order chi connectivity index (χ1) is 5.81. The van der Waals surface area contributed by atoms with Crippen molar-refractivity contribution in [3.8, 4) is 5.75 Å². The summed E-state index contributed by atoms with van der Waals surface area (Å²) in [6.07, 6.45) is 0. The molecule has 2 N–H and O–H groups in total. The maximum atomic E-state index is 5.54. The third-order valence-electron chi connectivity index (χ3n) is 1.71. The third-order valence-corrected chi connectivity index (χ3v) is 1.71. The fourth-order valence-corrected chi connectivity index (χ4v) is 1.06. The summed E-state index contributed by atoms with van der Waals surface area (Å²) in [6.45, 7) is 0. The average molecular weight is 164 g/mol. The molecule has 0 amide bonds. The van der Waals surface area contributed by atoms with Crippen LogP contribution in [-0.2, 0) is 0 Å². The number of benzene rings is 1. The molecule has 0 aliphatic carbocycles. The Kier molecular flexibility index (Phi) is 1.40. The second kappa shape index (κ2) is 2.41. The van der Waals surface area contributed by atoms with Crippen LogP contribution in [0.25, 0.3) is 11.0 Å². The molecule has 2 rings (SSSR count). The molecule has 0 unspecified atom stereocenters. The third kappa shape index (κ3) is 0.887. The van der Waals surface area contributed by atoms with Gasteiger partial charge in [-0.25, -0.2) is 0 Å². The van der Waals surface area contributed by atoms with E-state index in [2.05, 4.69) is 5.16 Å². The van der Waals surface area contributed by atoms with E-state index in [0.29, 0.717) is 11.4 Å². The molecule has 0 bridgehead atoms. The van der Waals surface area contributed by atoms with Crippen molar-refractivity contribution in [3.05, 3.63) is 18.2 Å². The van der Waals surface area contributed by atoms with Gasteiger partial charge in [0.2, 0.25) is 0 Å². The lowest BCUT2D eigenvalue weighted by Crippen LogP contribution is -1.85. The number of ether oxygens (including phenoxy) is 1. The Bertz CT molecular complexity index is 408. The molecule has 4 heteroatoms. The fraction of sp³-hybridized carbons (Fsp3) is 0.125. The Morgan fingerprint density at radius 2 is 2.33 bits per heavy atom. The minimum absolute atomic E-state index is 0.393. The molecule has 2 aromatic rings. The van der Waals surface area contributed by atoms with Crippen LogP contribution in [0.5, 0.6) is 5.75 Å². The smallest absolute Gasteiger partial charge is 0.174 e. The van der Waals surface area contributed by atoms with Crippen LogP contribution in [0.1, 0.15) is 0 Å². The first kappa shape index (κ1) is 6.97. The number of anilines is 1. The molecular formula is C8H8N2O2. The van der Waals surface area contributed by atoms with Crippen LogP contribution in [0, 0.1) is 0 Å². The summed E-state index contributed by atoms with van der Waals surface area (Å²) in [5.74, 6) is 1.14. The monoisotopic (exact) mass is 164 g/mol. The molecule has 0 aliphatic rings. The molecule has 0 fully saturated rings. The van der Waals surface area contributed by atoms with Crippen LogP contribution in [0.4, 0.5) is 5.82 Å². The van der Waals surface area contributed by atoms with E-state index < -0.39 is 0 Å². The summed E-state index contributed by atoms with van der Waals surface area (Å²) >= 11 is 0. The van der Waals surface area contributed by atoms with Gasteiger partial charge in [-0.05, 0) is 18.2 Å². The van der Waals surface area contributed by atoms with E-state index in [1.165, 1.54) is 0 Å². The number of methoxy groups -OCH3 is 1. The summed E-state index contributed by atoms with van der Waals surface area (Å²) in [4.78, 5) is 0. The molecule has 62 valence electrons. The molecule has 0 radical (unpaired) electrons. The van der Waals surface area contributed by atoms with Crippen LogP contribution >= 0.6 is 0 Å². The van der Waals surface area contributed by atoms with E-state index in [-0.39, 0.29) is 0 Å². The average Bonchev–Trinajstić information content (AvgIpc) is 2.47. The predicted octanol–water partition coefficient (Wildman–Crippen LogP) is 1.42. The van der Waals surface area contributed by atoms with Crippen LogP contribution in [-0.4, -0.2) is 12.3 Å². The van der Waals surface area contributed by atoms with Gasteiger partial charge < -0.3 is 15.0 Å². The zero-order valence-corrected chi connectivity index (χ0v) is 6.57. The number of fused-ring (bicyclic) bond motifs is 1. The zero-order valence-electron chi connectivity index (χ0n) is 6.57.